The fourth-order valence-electron chi connectivity index (χ4n) is 3.20. The zero-order valence-corrected chi connectivity index (χ0v) is 14.9. The normalized spacial score (nSPS) is 17.4. The molecule has 0 spiro atoms. The molecule has 3 rings (SSSR count). The van der Waals surface area contributed by atoms with E-state index in [1.54, 1.807) is 14.2 Å². The Labute approximate surface area is 147 Å². The third-order valence-corrected chi connectivity index (χ3v) is 4.57. The van der Waals surface area contributed by atoms with Crippen LogP contribution in [0.5, 0.6) is 11.5 Å². The van der Waals surface area contributed by atoms with Gasteiger partial charge in [-0.2, -0.15) is 0 Å². The molecule has 25 heavy (non-hydrogen) atoms. The summed E-state index contributed by atoms with van der Waals surface area (Å²) in [5, 5.41) is 4.05. The van der Waals surface area contributed by atoms with Gasteiger partial charge in [-0.1, -0.05) is 12.1 Å². The highest BCUT2D eigenvalue weighted by molar-refractivity contribution is 5.78. The molecule has 0 unspecified atom stereocenters. The van der Waals surface area contributed by atoms with Crippen LogP contribution in [0.3, 0.4) is 0 Å². The number of hydrogen-bond donors (Lipinski definition) is 0. The quantitative estimate of drug-likeness (QED) is 0.833. The summed E-state index contributed by atoms with van der Waals surface area (Å²) < 4.78 is 16.0. The maximum atomic E-state index is 12.5. The lowest BCUT2D eigenvalue weighted by molar-refractivity contribution is -0.132. The van der Waals surface area contributed by atoms with Crippen molar-refractivity contribution in [2.45, 2.75) is 26.2 Å². The Kier molecular flexibility index (Phi) is 5.26. The van der Waals surface area contributed by atoms with Crippen molar-refractivity contribution in [2.75, 3.05) is 27.3 Å². The number of ether oxygens (including phenoxy) is 2. The molecule has 1 atom stereocenters. The third-order valence-electron chi connectivity index (χ3n) is 4.57. The zero-order valence-electron chi connectivity index (χ0n) is 14.9. The van der Waals surface area contributed by atoms with Gasteiger partial charge in [0.25, 0.3) is 0 Å². The van der Waals surface area contributed by atoms with Gasteiger partial charge in [-0.05, 0) is 37.0 Å². The summed E-state index contributed by atoms with van der Waals surface area (Å²) >= 11 is 0. The Balaban J connectivity index is 1.71. The van der Waals surface area contributed by atoms with Gasteiger partial charge in [-0.15, -0.1) is 0 Å². The molecule has 0 aliphatic carbocycles. The Hall–Kier alpha value is -2.50. The lowest BCUT2D eigenvalue weighted by Gasteiger charge is -2.30. The van der Waals surface area contributed by atoms with Gasteiger partial charge in [0.1, 0.15) is 0 Å². The number of hydrogen-bond acceptors (Lipinski definition) is 5. The third kappa shape index (κ3) is 3.95. The molecule has 1 aliphatic heterocycles. The largest absolute Gasteiger partial charge is 0.493 e. The highest BCUT2D eigenvalue weighted by Crippen LogP contribution is 2.32. The number of carbonyl (C=O) groups is 1. The maximum absolute atomic E-state index is 12.5. The predicted molar refractivity (Wildman–Crippen MR) is 93.7 cm³/mol. The fraction of sp³-hybridized carbons (Fsp3) is 0.474. The molecule has 1 aromatic carbocycles. The second kappa shape index (κ2) is 7.59. The van der Waals surface area contributed by atoms with E-state index in [9.17, 15) is 4.79 Å². The number of aromatic nitrogens is 1. The summed E-state index contributed by atoms with van der Waals surface area (Å²) in [4.78, 5) is 14.4. The van der Waals surface area contributed by atoms with Crippen molar-refractivity contribution in [3.63, 3.8) is 0 Å². The fourth-order valence-corrected chi connectivity index (χ4v) is 3.20. The van der Waals surface area contributed by atoms with Gasteiger partial charge in [0.15, 0.2) is 17.3 Å². The van der Waals surface area contributed by atoms with Crippen LogP contribution < -0.4 is 9.47 Å². The van der Waals surface area contributed by atoms with Crippen LogP contribution in [0.15, 0.2) is 28.8 Å². The zero-order chi connectivity index (χ0) is 17.8. The van der Waals surface area contributed by atoms with Crippen LogP contribution in [0.4, 0.5) is 0 Å². The van der Waals surface area contributed by atoms with E-state index in [0.29, 0.717) is 28.9 Å². The number of carbonyl (C=O) groups excluding carboxylic acids is 1. The molecule has 2 heterocycles. The molecule has 1 aliphatic rings. The average Bonchev–Trinajstić information content (AvgIpc) is 3.09. The van der Waals surface area contributed by atoms with E-state index in [1.807, 2.05) is 29.2 Å². The summed E-state index contributed by atoms with van der Waals surface area (Å²) in [7, 11) is 3.18. The van der Waals surface area contributed by atoms with Crippen LogP contribution >= 0.6 is 0 Å². The van der Waals surface area contributed by atoms with Crippen molar-refractivity contribution in [1.82, 2.24) is 10.1 Å². The molecule has 6 nitrogen and oxygen atoms in total. The number of nitrogens with zero attached hydrogens (tertiary/aromatic N) is 2. The van der Waals surface area contributed by atoms with Crippen LogP contribution in [0, 0.1) is 5.92 Å². The number of methoxy groups -OCH3 is 2. The van der Waals surface area contributed by atoms with Crippen LogP contribution in [0.2, 0.25) is 0 Å². The predicted octanol–water partition coefficient (Wildman–Crippen LogP) is 3.16. The van der Waals surface area contributed by atoms with E-state index < -0.39 is 0 Å². The van der Waals surface area contributed by atoms with Crippen molar-refractivity contribution >= 4 is 5.91 Å². The molecule has 0 saturated carbocycles. The van der Waals surface area contributed by atoms with Crippen LogP contribution in [-0.4, -0.2) is 43.3 Å². The van der Waals surface area contributed by atoms with Gasteiger partial charge in [0, 0.05) is 24.7 Å². The molecule has 1 saturated heterocycles. The van der Waals surface area contributed by atoms with Crippen molar-refractivity contribution in [1.29, 1.82) is 0 Å². The molecule has 134 valence electrons. The van der Waals surface area contributed by atoms with Gasteiger partial charge in [0.05, 0.1) is 26.3 Å². The Morgan fingerprint density at radius 2 is 2.08 bits per heavy atom. The monoisotopic (exact) mass is 344 g/mol. The Morgan fingerprint density at radius 1 is 1.28 bits per heavy atom. The minimum Gasteiger partial charge on any atom is -0.493 e. The van der Waals surface area contributed by atoms with E-state index in [1.165, 1.54) is 6.42 Å². The molecule has 6 heteroatoms. The number of piperidine rings is 1. The summed E-state index contributed by atoms with van der Waals surface area (Å²) in [6, 6.07) is 7.33. The minimum atomic E-state index is 0.110. The summed E-state index contributed by atoms with van der Waals surface area (Å²) in [6.07, 6.45) is 2.53. The molecule has 0 radical (unpaired) electrons. The first kappa shape index (κ1) is 17.3. The van der Waals surface area contributed by atoms with Gasteiger partial charge >= 0.3 is 0 Å². The topological polar surface area (TPSA) is 64.8 Å². The van der Waals surface area contributed by atoms with Crippen LogP contribution in [0.25, 0.3) is 11.3 Å². The summed E-state index contributed by atoms with van der Waals surface area (Å²) in [5.41, 5.74) is 1.48. The van der Waals surface area contributed by atoms with E-state index in [4.69, 9.17) is 14.0 Å². The molecule has 1 aromatic heterocycles. The Morgan fingerprint density at radius 3 is 2.80 bits per heavy atom. The van der Waals surface area contributed by atoms with Crippen molar-refractivity contribution in [3.8, 4) is 22.8 Å². The molecule has 0 bridgehead atoms. The first-order valence-electron chi connectivity index (χ1n) is 8.56. The summed E-state index contributed by atoms with van der Waals surface area (Å²) in [5.74, 6) is 2.56. The number of benzene rings is 1. The van der Waals surface area contributed by atoms with E-state index in [-0.39, 0.29) is 12.3 Å². The van der Waals surface area contributed by atoms with Crippen LogP contribution in [-0.2, 0) is 11.2 Å². The van der Waals surface area contributed by atoms with Gasteiger partial charge in [-0.3, -0.25) is 4.79 Å². The second-order valence-corrected chi connectivity index (χ2v) is 6.52. The standard InChI is InChI=1S/C19H24N2O4/c1-13-5-4-8-21(12-13)19(22)11-15-10-17(25-20-15)14-6-7-16(23-2)18(9-14)24-3/h6-7,9-10,13H,4-5,8,11-12H2,1-3H3/t13-/m1/s1. The lowest BCUT2D eigenvalue weighted by Crippen LogP contribution is -2.39. The Bertz CT molecular complexity index is 741. The molecule has 0 N–H and O–H groups in total. The SMILES string of the molecule is COc1ccc(-c2cc(CC(=O)N3CCC[C@@H](C)C3)no2)cc1OC. The van der Waals surface area contributed by atoms with Crippen molar-refractivity contribution in [2.24, 2.45) is 5.92 Å². The maximum Gasteiger partial charge on any atom is 0.228 e. The molecule has 2 aromatic rings. The smallest absolute Gasteiger partial charge is 0.228 e. The van der Waals surface area contributed by atoms with Crippen molar-refractivity contribution < 1.29 is 18.8 Å². The van der Waals surface area contributed by atoms with Crippen LogP contribution in [0.1, 0.15) is 25.5 Å². The summed E-state index contributed by atoms with van der Waals surface area (Å²) in [6.45, 7) is 3.85. The highest BCUT2D eigenvalue weighted by atomic mass is 16.5. The van der Waals surface area contributed by atoms with Gasteiger partial charge < -0.3 is 18.9 Å². The van der Waals surface area contributed by atoms with Gasteiger partial charge in [0.2, 0.25) is 5.91 Å². The van der Waals surface area contributed by atoms with Gasteiger partial charge in [-0.25, -0.2) is 0 Å². The average molecular weight is 344 g/mol. The highest BCUT2D eigenvalue weighted by Gasteiger charge is 2.22. The first-order chi connectivity index (χ1) is 12.1. The molecule has 1 amide bonds. The molecular weight excluding hydrogens is 320 g/mol. The second-order valence-electron chi connectivity index (χ2n) is 6.52. The number of likely N-dealkylation sites (tertiary alicyclic amines) is 1. The van der Waals surface area contributed by atoms with E-state index in [2.05, 4.69) is 12.1 Å². The number of rotatable bonds is 5. The number of amides is 1. The molecule has 1 fully saturated rings. The van der Waals surface area contributed by atoms with E-state index >= 15 is 0 Å². The molecular formula is C19H24N2O4. The van der Waals surface area contributed by atoms with Crippen molar-refractivity contribution in [3.05, 3.63) is 30.0 Å². The first-order valence-corrected chi connectivity index (χ1v) is 8.56. The van der Waals surface area contributed by atoms with E-state index in [0.717, 1.165) is 25.1 Å². The lowest BCUT2D eigenvalue weighted by atomic mass is 10.00. The minimum absolute atomic E-state index is 0.110.